The van der Waals surface area contributed by atoms with E-state index in [1.807, 2.05) is 0 Å². The van der Waals surface area contributed by atoms with E-state index in [1.165, 1.54) is 6.92 Å². The van der Waals surface area contributed by atoms with Gasteiger partial charge >= 0.3 is 11.9 Å². The third kappa shape index (κ3) is 3.73. The minimum absolute atomic E-state index is 0.233. The molecule has 26 heavy (non-hydrogen) atoms. The number of aliphatic hydroxyl groups excluding tert-OH is 1. The lowest BCUT2D eigenvalue weighted by Gasteiger charge is -2.59. The number of hydrogen-bond acceptors (Lipinski definition) is 6. The molecule has 1 saturated heterocycles. The predicted octanol–water partition coefficient (Wildman–Crippen LogP) is 3.09. The van der Waals surface area contributed by atoms with Gasteiger partial charge in [-0.05, 0) is 13.3 Å². The van der Waals surface area contributed by atoms with Crippen LogP contribution in [0.4, 0.5) is 0 Å². The number of hydrogen-bond donors (Lipinski definition) is 2. The van der Waals surface area contributed by atoms with Gasteiger partial charge in [0, 0.05) is 19.3 Å². The Morgan fingerprint density at radius 3 is 2.19 bits per heavy atom. The Hall–Kier alpha value is 0.600. The van der Waals surface area contributed by atoms with Crippen molar-refractivity contribution in [1.82, 2.24) is 0 Å². The van der Waals surface area contributed by atoms with E-state index in [9.17, 15) is 19.8 Å². The first-order valence-electron chi connectivity index (χ1n) is 7.47. The average Bonchev–Trinajstić information content (AvgIpc) is 2.43. The van der Waals surface area contributed by atoms with Gasteiger partial charge in [-0.1, -0.05) is 69.6 Å². The van der Waals surface area contributed by atoms with E-state index in [-0.39, 0.29) is 6.42 Å². The molecule has 0 aromatic rings. The van der Waals surface area contributed by atoms with Crippen LogP contribution in [0.3, 0.4) is 0 Å². The van der Waals surface area contributed by atoms with Crippen LogP contribution < -0.4 is 0 Å². The van der Waals surface area contributed by atoms with Crippen molar-refractivity contribution in [2.45, 2.75) is 58.2 Å². The van der Waals surface area contributed by atoms with Crippen molar-refractivity contribution in [3.63, 3.8) is 0 Å². The molecule has 2 fully saturated rings. The van der Waals surface area contributed by atoms with E-state index >= 15 is 0 Å². The highest BCUT2D eigenvalue weighted by molar-refractivity contribution is 6.68. The molecule has 0 aromatic heterocycles. The first kappa shape index (κ1) is 22.9. The quantitative estimate of drug-likeness (QED) is 0.431. The topological polar surface area (TPSA) is 93.1 Å². The Labute approximate surface area is 179 Å². The molecule has 6 atom stereocenters. The van der Waals surface area contributed by atoms with Crippen LogP contribution in [-0.2, 0) is 19.1 Å². The monoisotopic (exact) mass is 490 g/mol. The van der Waals surface area contributed by atoms with Crippen LogP contribution in [0.15, 0.2) is 0 Å². The van der Waals surface area contributed by atoms with Crippen molar-refractivity contribution in [3.8, 4) is 0 Å². The molecule has 0 aromatic carbocycles. The first-order chi connectivity index (χ1) is 11.5. The number of esters is 2. The van der Waals surface area contributed by atoms with Crippen molar-refractivity contribution >= 4 is 81.5 Å². The van der Waals surface area contributed by atoms with E-state index in [1.54, 1.807) is 0 Å². The van der Waals surface area contributed by atoms with Gasteiger partial charge < -0.3 is 19.7 Å². The molecule has 12 heteroatoms. The second-order valence-corrected chi connectivity index (χ2v) is 11.4. The molecule has 2 rings (SSSR count). The zero-order chi connectivity index (χ0) is 20.3. The normalized spacial score (nSPS) is 41.2. The molecule has 0 amide bonds. The zero-order valence-electron chi connectivity index (χ0n) is 13.5. The summed E-state index contributed by atoms with van der Waals surface area (Å²) in [4.78, 5) is 24.3. The largest absolute Gasteiger partial charge is 0.459 e. The Morgan fingerprint density at radius 2 is 1.77 bits per heavy atom. The summed E-state index contributed by atoms with van der Waals surface area (Å²) in [6.45, 7) is 2.34. The number of rotatable bonds is 1. The fourth-order valence-electron chi connectivity index (χ4n) is 3.61. The van der Waals surface area contributed by atoms with Gasteiger partial charge in [-0.15, -0.1) is 0 Å². The highest BCUT2D eigenvalue weighted by Gasteiger charge is 2.73. The standard InChI is InChI=1S/C14H16Cl6O6/c1-5(21)25-7-3-6(13(15,16)17)9(22)11(2)10(23)26-8(14(18,19)20)4-12(7,11)24/h6-9,22,24H,3-4H2,1-2H3/t6?,7-,8-,9-,11+,12+/m1/s1. The van der Waals surface area contributed by atoms with E-state index in [0.29, 0.717) is 0 Å². The molecule has 6 nitrogen and oxygen atoms in total. The summed E-state index contributed by atoms with van der Waals surface area (Å²) in [5.41, 5.74) is -4.11. The lowest BCUT2D eigenvalue weighted by Crippen LogP contribution is -2.74. The maximum atomic E-state index is 12.7. The minimum atomic E-state index is -2.12. The summed E-state index contributed by atoms with van der Waals surface area (Å²) in [6, 6.07) is 0. The molecule has 1 unspecified atom stereocenters. The SMILES string of the molecule is CC(=O)O[C@@H]1CC(C(Cl)(Cl)Cl)[C@@H](O)[C@@]2(C)C(=O)O[C@@H](C(Cl)(Cl)Cl)C[C@]12O. The molecule has 0 radical (unpaired) electrons. The number of ether oxygens (including phenoxy) is 2. The Morgan fingerprint density at radius 1 is 1.23 bits per heavy atom. The summed E-state index contributed by atoms with van der Waals surface area (Å²) < 4.78 is 6.29. The first-order valence-corrected chi connectivity index (χ1v) is 9.74. The maximum absolute atomic E-state index is 12.7. The van der Waals surface area contributed by atoms with Crippen molar-refractivity contribution in [3.05, 3.63) is 0 Å². The van der Waals surface area contributed by atoms with Gasteiger partial charge in [0.1, 0.15) is 17.1 Å². The molecule has 0 spiro atoms. The summed E-state index contributed by atoms with van der Waals surface area (Å²) >= 11 is 35.2. The summed E-state index contributed by atoms with van der Waals surface area (Å²) in [7, 11) is 0. The molecular formula is C14H16Cl6O6. The molecule has 2 N–H and O–H groups in total. The van der Waals surface area contributed by atoms with Crippen LogP contribution in [-0.4, -0.2) is 53.6 Å². The van der Waals surface area contributed by atoms with Crippen LogP contribution in [0.2, 0.25) is 0 Å². The Balaban J connectivity index is 2.58. The molecule has 1 aliphatic carbocycles. The smallest absolute Gasteiger partial charge is 0.317 e. The van der Waals surface area contributed by atoms with Gasteiger partial charge in [0.15, 0.2) is 9.90 Å². The zero-order valence-corrected chi connectivity index (χ0v) is 18.1. The fraction of sp³-hybridized carbons (Fsp3) is 0.857. The molecule has 1 heterocycles. The molecule has 1 saturated carbocycles. The molecule has 1 aliphatic heterocycles. The number of aliphatic hydroxyl groups is 2. The van der Waals surface area contributed by atoms with E-state index in [0.717, 1.165) is 6.92 Å². The van der Waals surface area contributed by atoms with Gasteiger partial charge in [0.25, 0.3) is 0 Å². The lowest BCUT2D eigenvalue weighted by atomic mass is 9.55. The summed E-state index contributed by atoms with van der Waals surface area (Å²) in [6.07, 6.45) is -4.92. The van der Waals surface area contributed by atoms with Gasteiger partial charge in [-0.3, -0.25) is 9.59 Å². The number of cyclic esters (lactones) is 1. The van der Waals surface area contributed by atoms with Gasteiger partial charge in [0.2, 0.25) is 3.79 Å². The predicted molar refractivity (Wildman–Crippen MR) is 97.8 cm³/mol. The van der Waals surface area contributed by atoms with Crippen molar-refractivity contribution in [2.24, 2.45) is 11.3 Å². The van der Waals surface area contributed by atoms with Crippen LogP contribution in [0.1, 0.15) is 26.7 Å². The fourth-order valence-corrected chi connectivity index (χ4v) is 4.60. The van der Waals surface area contributed by atoms with Crippen LogP contribution in [0.5, 0.6) is 0 Å². The third-order valence-corrected chi connectivity index (χ3v) is 6.71. The highest BCUT2D eigenvalue weighted by Crippen LogP contribution is 2.59. The van der Waals surface area contributed by atoms with Crippen molar-refractivity contribution in [1.29, 1.82) is 0 Å². The van der Waals surface area contributed by atoms with Crippen LogP contribution >= 0.6 is 69.6 Å². The highest BCUT2D eigenvalue weighted by atomic mass is 35.6. The number of halogens is 6. The van der Waals surface area contributed by atoms with E-state index < -0.39 is 61.2 Å². The van der Waals surface area contributed by atoms with Crippen LogP contribution in [0, 0.1) is 11.3 Å². The number of carbonyl (C=O) groups is 2. The second kappa shape index (κ2) is 7.13. The number of carbonyl (C=O) groups excluding carboxylic acids is 2. The summed E-state index contributed by atoms with van der Waals surface area (Å²) in [5.74, 6) is -2.94. The minimum Gasteiger partial charge on any atom is -0.459 e. The van der Waals surface area contributed by atoms with Gasteiger partial charge in [-0.25, -0.2) is 0 Å². The van der Waals surface area contributed by atoms with E-state index in [4.69, 9.17) is 79.1 Å². The molecular weight excluding hydrogens is 477 g/mol. The molecule has 2 aliphatic rings. The maximum Gasteiger partial charge on any atom is 0.317 e. The summed E-state index contributed by atoms with van der Waals surface area (Å²) in [5, 5.41) is 22.2. The van der Waals surface area contributed by atoms with Gasteiger partial charge in [0.05, 0.1) is 6.10 Å². The third-order valence-electron chi connectivity index (χ3n) is 5.14. The molecule has 0 bridgehead atoms. The van der Waals surface area contributed by atoms with Crippen molar-refractivity contribution < 1.29 is 29.3 Å². The average molecular weight is 493 g/mol. The lowest BCUT2D eigenvalue weighted by molar-refractivity contribution is -0.275. The second-order valence-electron chi connectivity index (χ2n) is 6.69. The molecule has 150 valence electrons. The number of fused-ring (bicyclic) bond motifs is 1. The van der Waals surface area contributed by atoms with E-state index in [2.05, 4.69) is 0 Å². The number of alkyl halides is 6. The Kier molecular flexibility index (Phi) is 6.28. The Bertz CT molecular complexity index is 604. The van der Waals surface area contributed by atoms with Crippen molar-refractivity contribution in [2.75, 3.05) is 0 Å². The van der Waals surface area contributed by atoms with Crippen LogP contribution in [0.25, 0.3) is 0 Å². The van der Waals surface area contributed by atoms with Gasteiger partial charge in [-0.2, -0.15) is 0 Å².